The number of carboxylic acids is 1. The van der Waals surface area contributed by atoms with Crippen LogP contribution in [0, 0.1) is 13.8 Å². The minimum Gasteiger partial charge on any atom is -0.496 e. The molecule has 0 radical (unpaired) electrons. The molecule has 0 aliphatic carbocycles. The number of methoxy groups -OCH3 is 2. The summed E-state index contributed by atoms with van der Waals surface area (Å²) in [5.74, 6) is 0.561. The minimum atomic E-state index is -0.986. The number of carbonyl (C=O) groups excluding carboxylic acids is 1. The zero-order chi connectivity index (χ0) is 27.9. The van der Waals surface area contributed by atoms with Gasteiger partial charge in [-0.05, 0) is 36.2 Å². The first-order chi connectivity index (χ1) is 18.8. The molecule has 0 aliphatic heterocycles. The van der Waals surface area contributed by atoms with Crippen molar-refractivity contribution in [1.82, 2.24) is 15.5 Å². The van der Waals surface area contributed by atoms with Crippen LogP contribution < -0.4 is 19.7 Å². The molecular weight excluding hydrogens is 500 g/mol. The van der Waals surface area contributed by atoms with Crippen molar-refractivity contribution in [1.29, 1.82) is 0 Å². The molecule has 0 unspecified atom stereocenters. The van der Waals surface area contributed by atoms with Crippen LogP contribution in [0.5, 0.6) is 11.5 Å². The van der Waals surface area contributed by atoms with Gasteiger partial charge in [-0.3, -0.25) is 9.59 Å². The zero-order valence-electron chi connectivity index (χ0n) is 22.2. The van der Waals surface area contributed by atoms with Gasteiger partial charge in [0.1, 0.15) is 18.0 Å². The number of anilines is 1. The first-order valence-electron chi connectivity index (χ1n) is 12.2. The molecule has 0 aliphatic rings. The van der Waals surface area contributed by atoms with E-state index in [4.69, 9.17) is 14.0 Å². The molecule has 10 heteroatoms. The summed E-state index contributed by atoms with van der Waals surface area (Å²) >= 11 is 0. The lowest BCUT2D eigenvalue weighted by Crippen LogP contribution is -2.31. The largest absolute Gasteiger partial charge is 0.496 e. The van der Waals surface area contributed by atoms with E-state index >= 15 is 0 Å². The molecule has 0 spiro atoms. The van der Waals surface area contributed by atoms with Crippen LogP contribution in [0.15, 0.2) is 65.2 Å². The molecule has 0 saturated carbocycles. The van der Waals surface area contributed by atoms with Gasteiger partial charge < -0.3 is 29.3 Å². The SMILES string of the molecule is COc1cc(C(=O)NCc2ccc(-c3noc(C)n3)cc2N(CC(=O)O)Cc2ccccc2)cc(OC)c1C. The Bertz CT molecular complexity index is 1440. The molecule has 202 valence electrons. The monoisotopic (exact) mass is 530 g/mol. The number of ether oxygens (including phenoxy) is 2. The summed E-state index contributed by atoms with van der Waals surface area (Å²) in [5, 5.41) is 16.7. The number of carbonyl (C=O) groups is 2. The predicted molar refractivity (Wildman–Crippen MR) is 145 cm³/mol. The van der Waals surface area contributed by atoms with Crippen LogP contribution >= 0.6 is 0 Å². The molecule has 1 heterocycles. The fraction of sp³-hybridized carbons (Fsp3) is 0.241. The van der Waals surface area contributed by atoms with E-state index in [0.717, 1.165) is 16.7 Å². The molecule has 4 aromatic rings. The number of aliphatic carboxylic acids is 1. The van der Waals surface area contributed by atoms with E-state index in [1.54, 1.807) is 24.0 Å². The summed E-state index contributed by atoms with van der Waals surface area (Å²) in [4.78, 5) is 31.1. The van der Waals surface area contributed by atoms with Crippen LogP contribution in [0.25, 0.3) is 11.4 Å². The molecule has 2 N–H and O–H groups in total. The maximum absolute atomic E-state index is 13.1. The van der Waals surface area contributed by atoms with E-state index in [0.29, 0.717) is 46.6 Å². The molecule has 1 amide bonds. The van der Waals surface area contributed by atoms with Gasteiger partial charge in [-0.2, -0.15) is 4.98 Å². The number of aromatic nitrogens is 2. The van der Waals surface area contributed by atoms with Crippen molar-refractivity contribution >= 4 is 17.6 Å². The Kier molecular flexibility index (Phi) is 8.45. The number of hydrogen-bond acceptors (Lipinski definition) is 8. The standard InChI is InChI=1S/C29H30N4O6/c1-18-25(37-3)13-23(14-26(18)38-4)29(36)30-15-22-11-10-21(28-31-19(2)39-32-28)12-24(22)33(17-27(34)35)16-20-8-6-5-7-9-20/h5-14H,15-17H2,1-4H3,(H,30,36)(H,34,35). The summed E-state index contributed by atoms with van der Waals surface area (Å²) in [6.45, 7) is 3.78. The van der Waals surface area contributed by atoms with Crippen LogP contribution in [0.2, 0.25) is 0 Å². The van der Waals surface area contributed by atoms with Gasteiger partial charge in [0.15, 0.2) is 0 Å². The molecule has 10 nitrogen and oxygen atoms in total. The van der Waals surface area contributed by atoms with E-state index in [9.17, 15) is 14.7 Å². The summed E-state index contributed by atoms with van der Waals surface area (Å²) in [6, 6.07) is 18.3. The van der Waals surface area contributed by atoms with Crippen LogP contribution in [0.3, 0.4) is 0 Å². The lowest BCUT2D eigenvalue weighted by Gasteiger charge is -2.26. The average Bonchev–Trinajstić information content (AvgIpc) is 3.38. The van der Waals surface area contributed by atoms with Crippen molar-refractivity contribution in [2.75, 3.05) is 25.7 Å². The van der Waals surface area contributed by atoms with Crippen LogP contribution in [-0.2, 0) is 17.9 Å². The third-order valence-corrected chi connectivity index (χ3v) is 6.21. The molecule has 39 heavy (non-hydrogen) atoms. The van der Waals surface area contributed by atoms with Crippen LogP contribution in [0.1, 0.15) is 32.9 Å². The molecular formula is C29H30N4O6. The lowest BCUT2D eigenvalue weighted by molar-refractivity contribution is -0.135. The maximum Gasteiger partial charge on any atom is 0.323 e. The van der Waals surface area contributed by atoms with Crippen molar-refractivity contribution < 1.29 is 28.7 Å². The fourth-order valence-corrected chi connectivity index (χ4v) is 4.25. The number of nitrogens with zero attached hydrogens (tertiary/aromatic N) is 3. The molecule has 0 atom stereocenters. The summed E-state index contributed by atoms with van der Waals surface area (Å²) in [6.07, 6.45) is 0. The maximum atomic E-state index is 13.1. The van der Waals surface area contributed by atoms with Gasteiger partial charge in [-0.15, -0.1) is 0 Å². The average molecular weight is 531 g/mol. The second-order valence-corrected chi connectivity index (χ2v) is 8.90. The highest BCUT2D eigenvalue weighted by Crippen LogP contribution is 2.31. The van der Waals surface area contributed by atoms with Crippen molar-refractivity contribution in [2.45, 2.75) is 26.9 Å². The number of benzene rings is 3. The van der Waals surface area contributed by atoms with Crippen molar-refractivity contribution in [3.05, 3.63) is 88.8 Å². The van der Waals surface area contributed by atoms with Gasteiger partial charge >= 0.3 is 5.97 Å². The minimum absolute atomic E-state index is 0.142. The Morgan fingerprint density at radius 1 is 1.00 bits per heavy atom. The number of carboxylic acid groups (broad SMARTS) is 1. The number of rotatable bonds is 11. The van der Waals surface area contributed by atoms with Gasteiger partial charge in [-0.25, -0.2) is 0 Å². The van der Waals surface area contributed by atoms with Gasteiger partial charge in [-0.1, -0.05) is 47.6 Å². The number of hydrogen-bond donors (Lipinski definition) is 2. The highest BCUT2D eigenvalue weighted by Gasteiger charge is 2.19. The van der Waals surface area contributed by atoms with E-state index in [2.05, 4.69) is 15.5 Å². The van der Waals surface area contributed by atoms with Crippen molar-refractivity contribution in [3.8, 4) is 22.9 Å². The zero-order valence-corrected chi connectivity index (χ0v) is 22.2. The molecule has 0 bridgehead atoms. The highest BCUT2D eigenvalue weighted by atomic mass is 16.5. The summed E-state index contributed by atoms with van der Waals surface area (Å²) in [5.41, 5.74) is 4.11. The third-order valence-electron chi connectivity index (χ3n) is 6.21. The van der Waals surface area contributed by atoms with Crippen molar-refractivity contribution in [2.24, 2.45) is 0 Å². The van der Waals surface area contributed by atoms with Gasteiger partial charge in [0.2, 0.25) is 11.7 Å². The normalized spacial score (nSPS) is 10.7. The first kappa shape index (κ1) is 27.2. The van der Waals surface area contributed by atoms with E-state index in [1.807, 2.05) is 55.5 Å². The molecule has 1 aromatic heterocycles. The summed E-state index contributed by atoms with van der Waals surface area (Å²) < 4.78 is 15.9. The first-order valence-corrected chi connectivity index (χ1v) is 12.2. The summed E-state index contributed by atoms with van der Waals surface area (Å²) in [7, 11) is 3.07. The van der Waals surface area contributed by atoms with Crippen LogP contribution in [-0.4, -0.2) is 47.9 Å². The fourth-order valence-electron chi connectivity index (χ4n) is 4.25. The van der Waals surface area contributed by atoms with E-state index < -0.39 is 5.97 Å². The topological polar surface area (TPSA) is 127 Å². The Labute approximate surface area is 226 Å². The van der Waals surface area contributed by atoms with Gasteiger partial charge in [0.05, 0.1) is 14.2 Å². The predicted octanol–water partition coefficient (Wildman–Crippen LogP) is 4.39. The smallest absolute Gasteiger partial charge is 0.323 e. The second kappa shape index (κ2) is 12.1. The number of nitrogens with one attached hydrogen (secondary N) is 1. The Balaban J connectivity index is 1.68. The Morgan fingerprint density at radius 2 is 1.69 bits per heavy atom. The van der Waals surface area contributed by atoms with Crippen molar-refractivity contribution in [3.63, 3.8) is 0 Å². The highest BCUT2D eigenvalue weighted by molar-refractivity contribution is 5.95. The van der Waals surface area contributed by atoms with Gasteiger partial charge in [0, 0.05) is 42.4 Å². The van der Waals surface area contributed by atoms with E-state index in [-0.39, 0.29) is 19.0 Å². The molecule has 3 aromatic carbocycles. The van der Waals surface area contributed by atoms with Gasteiger partial charge in [0.25, 0.3) is 5.91 Å². The molecule has 0 saturated heterocycles. The third kappa shape index (κ3) is 6.53. The second-order valence-electron chi connectivity index (χ2n) is 8.90. The van der Waals surface area contributed by atoms with Crippen LogP contribution in [0.4, 0.5) is 5.69 Å². The Hall–Kier alpha value is -4.86. The molecule has 4 rings (SSSR count). The lowest BCUT2D eigenvalue weighted by atomic mass is 10.1. The Morgan fingerprint density at radius 3 is 2.28 bits per heavy atom. The molecule has 0 fully saturated rings. The number of amides is 1. The number of aryl methyl sites for hydroxylation is 1. The quantitative estimate of drug-likeness (QED) is 0.290. The van der Waals surface area contributed by atoms with E-state index in [1.165, 1.54) is 14.2 Å².